The second-order valence-electron chi connectivity index (χ2n) is 5.25. The molecule has 0 amide bonds. The van der Waals surface area contributed by atoms with Crippen molar-refractivity contribution in [3.63, 3.8) is 0 Å². The van der Waals surface area contributed by atoms with Crippen molar-refractivity contribution in [3.05, 3.63) is 28.2 Å². The normalized spacial score (nSPS) is 21.0. The Morgan fingerprint density at radius 2 is 1.77 bits per heavy atom. The lowest BCUT2D eigenvalue weighted by Crippen LogP contribution is -2.42. The summed E-state index contributed by atoms with van der Waals surface area (Å²) in [6.07, 6.45) is 1.17. The Hall–Kier alpha value is -0.380. The van der Waals surface area contributed by atoms with Gasteiger partial charge in [0.05, 0.1) is 15.8 Å². The third-order valence-electron chi connectivity index (χ3n) is 3.47. The molecular formula is C12H16Cl2N2O4S2. The topological polar surface area (TPSA) is 97.5 Å². The van der Waals surface area contributed by atoms with Gasteiger partial charge in [-0.25, -0.2) is 22.0 Å². The second kappa shape index (κ2) is 6.62. The first-order chi connectivity index (χ1) is 10.1. The summed E-state index contributed by atoms with van der Waals surface area (Å²) in [4.78, 5) is -0.144. The fraction of sp³-hybridized carbons (Fsp3) is 0.500. The molecule has 0 saturated carbocycles. The van der Waals surface area contributed by atoms with Crippen LogP contribution in [0, 0.1) is 5.92 Å². The molecule has 2 N–H and O–H groups in total. The van der Waals surface area contributed by atoms with Crippen LogP contribution in [-0.4, -0.2) is 40.0 Å². The molecule has 1 aromatic rings. The smallest absolute Gasteiger partial charge is 0.229 e. The highest BCUT2D eigenvalue weighted by molar-refractivity contribution is 7.89. The number of rotatable bonds is 4. The Kier molecular flexibility index (Phi) is 5.41. The van der Waals surface area contributed by atoms with E-state index < -0.39 is 20.0 Å². The third-order valence-corrected chi connectivity index (χ3v) is 7.22. The molecule has 1 unspecified atom stereocenters. The van der Waals surface area contributed by atoms with Gasteiger partial charge in [-0.1, -0.05) is 29.3 Å². The lowest BCUT2D eigenvalue weighted by Gasteiger charge is -2.31. The van der Waals surface area contributed by atoms with Gasteiger partial charge in [0.25, 0.3) is 0 Å². The average molecular weight is 387 g/mol. The van der Waals surface area contributed by atoms with Crippen LogP contribution >= 0.6 is 23.2 Å². The third kappa shape index (κ3) is 4.12. The lowest BCUT2D eigenvalue weighted by atomic mass is 10.0. The van der Waals surface area contributed by atoms with Crippen LogP contribution in [0.1, 0.15) is 12.8 Å². The molecule has 10 heteroatoms. The molecule has 0 radical (unpaired) electrons. The van der Waals surface area contributed by atoms with Gasteiger partial charge in [0.1, 0.15) is 4.90 Å². The molecule has 1 aliphatic heterocycles. The van der Waals surface area contributed by atoms with E-state index in [0.29, 0.717) is 19.4 Å². The SMILES string of the molecule is NS(=O)(=O)CC1CCCN(S(=O)(=O)c2c(Cl)cccc2Cl)C1. The number of hydrogen-bond donors (Lipinski definition) is 1. The zero-order valence-electron chi connectivity index (χ0n) is 11.6. The summed E-state index contributed by atoms with van der Waals surface area (Å²) in [5.41, 5.74) is 0. The highest BCUT2D eigenvalue weighted by Gasteiger charge is 2.34. The van der Waals surface area contributed by atoms with Crippen LogP contribution in [0.3, 0.4) is 0 Å². The molecular weight excluding hydrogens is 371 g/mol. The van der Waals surface area contributed by atoms with Crippen molar-refractivity contribution < 1.29 is 16.8 Å². The number of hydrogen-bond acceptors (Lipinski definition) is 4. The number of piperidine rings is 1. The van der Waals surface area contributed by atoms with Gasteiger partial charge in [0.2, 0.25) is 20.0 Å². The van der Waals surface area contributed by atoms with E-state index in [2.05, 4.69) is 0 Å². The lowest BCUT2D eigenvalue weighted by molar-refractivity contribution is 0.282. The molecule has 1 atom stereocenters. The van der Waals surface area contributed by atoms with Crippen molar-refractivity contribution in [1.29, 1.82) is 0 Å². The maximum absolute atomic E-state index is 12.7. The van der Waals surface area contributed by atoms with E-state index in [0.717, 1.165) is 0 Å². The molecule has 1 saturated heterocycles. The second-order valence-corrected chi connectivity index (χ2v) is 9.60. The minimum Gasteiger partial charge on any atom is -0.229 e. The van der Waals surface area contributed by atoms with E-state index in [1.54, 1.807) is 6.07 Å². The summed E-state index contributed by atoms with van der Waals surface area (Å²) in [7, 11) is -7.53. The number of primary sulfonamides is 1. The maximum atomic E-state index is 12.7. The zero-order chi connectivity index (χ0) is 16.5. The van der Waals surface area contributed by atoms with Crippen molar-refractivity contribution in [2.45, 2.75) is 17.7 Å². The largest absolute Gasteiger partial charge is 0.246 e. The quantitative estimate of drug-likeness (QED) is 0.850. The minimum absolute atomic E-state index is 0.0427. The molecule has 1 aromatic carbocycles. The van der Waals surface area contributed by atoms with Crippen LogP contribution in [0.25, 0.3) is 0 Å². The van der Waals surface area contributed by atoms with Gasteiger partial charge >= 0.3 is 0 Å². The Labute approximate surface area is 140 Å². The first kappa shape index (κ1) is 18.0. The number of sulfonamides is 2. The average Bonchev–Trinajstić information content (AvgIpc) is 2.36. The zero-order valence-corrected chi connectivity index (χ0v) is 14.7. The van der Waals surface area contributed by atoms with Gasteiger partial charge in [0.15, 0.2) is 0 Å². The van der Waals surface area contributed by atoms with Crippen molar-refractivity contribution in [2.24, 2.45) is 11.1 Å². The molecule has 1 heterocycles. The van der Waals surface area contributed by atoms with Crippen molar-refractivity contribution >= 4 is 43.2 Å². The Morgan fingerprint density at radius 1 is 1.18 bits per heavy atom. The van der Waals surface area contributed by atoms with E-state index in [4.69, 9.17) is 28.3 Å². The van der Waals surface area contributed by atoms with Crippen LogP contribution in [0.15, 0.2) is 23.1 Å². The molecule has 1 aliphatic rings. The summed E-state index contributed by atoms with van der Waals surface area (Å²) in [6, 6.07) is 4.46. The maximum Gasteiger partial charge on any atom is 0.246 e. The van der Waals surface area contributed by atoms with Gasteiger partial charge in [-0.2, -0.15) is 4.31 Å². The molecule has 2 rings (SSSR count). The van der Waals surface area contributed by atoms with Crippen LogP contribution in [0.4, 0.5) is 0 Å². The Morgan fingerprint density at radius 3 is 2.32 bits per heavy atom. The fourth-order valence-electron chi connectivity index (χ4n) is 2.57. The van der Waals surface area contributed by atoms with Crippen molar-refractivity contribution in [1.82, 2.24) is 4.31 Å². The van der Waals surface area contributed by atoms with E-state index in [1.165, 1.54) is 16.4 Å². The molecule has 1 fully saturated rings. The molecule has 124 valence electrons. The Bertz CT molecular complexity index is 745. The Balaban J connectivity index is 2.30. The highest BCUT2D eigenvalue weighted by Crippen LogP contribution is 2.33. The molecule has 0 spiro atoms. The summed E-state index contributed by atoms with van der Waals surface area (Å²) in [5.74, 6) is -0.574. The van der Waals surface area contributed by atoms with Crippen LogP contribution < -0.4 is 5.14 Å². The van der Waals surface area contributed by atoms with Crippen molar-refractivity contribution in [2.75, 3.05) is 18.8 Å². The molecule has 0 bridgehead atoms. The van der Waals surface area contributed by atoms with Gasteiger partial charge in [-0.15, -0.1) is 0 Å². The number of benzene rings is 1. The van der Waals surface area contributed by atoms with E-state index in [9.17, 15) is 16.8 Å². The van der Waals surface area contributed by atoms with Crippen LogP contribution in [0.5, 0.6) is 0 Å². The van der Waals surface area contributed by atoms with Gasteiger partial charge in [-0.05, 0) is 30.9 Å². The first-order valence-electron chi connectivity index (χ1n) is 6.56. The van der Waals surface area contributed by atoms with E-state index in [1.807, 2.05) is 0 Å². The number of nitrogens with two attached hydrogens (primary N) is 1. The molecule has 22 heavy (non-hydrogen) atoms. The summed E-state index contributed by atoms with van der Waals surface area (Å²) >= 11 is 11.9. The first-order valence-corrected chi connectivity index (χ1v) is 10.5. The molecule has 0 aliphatic carbocycles. The highest BCUT2D eigenvalue weighted by atomic mass is 35.5. The standard InChI is InChI=1S/C12H16Cl2N2O4S2/c13-10-4-1-5-11(14)12(10)22(19,20)16-6-2-3-9(7-16)8-21(15,17)18/h1,4-5,9H,2-3,6-8H2,(H2,15,17,18). The van der Waals surface area contributed by atoms with Gasteiger partial charge in [0, 0.05) is 13.1 Å². The predicted octanol–water partition coefficient (Wildman–Crippen LogP) is 1.68. The monoisotopic (exact) mass is 386 g/mol. The fourth-order valence-corrected chi connectivity index (χ4v) is 6.14. The van der Waals surface area contributed by atoms with E-state index in [-0.39, 0.29) is 33.2 Å². The summed E-state index contributed by atoms with van der Waals surface area (Å²) in [6.45, 7) is 0.380. The number of halogens is 2. The van der Waals surface area contributed by atoms with Crippen LogP contribution in [-0.2, 0) is 20.0 Å². The summed E-state index contributed by atoms with van der Waals surface area (Å²) in [5, 5.41) is 5.13. The van der Waals surface area contributed by atoms with Gasteiger partial charge in [-0.3, -0.25) is 0 Å². The van der Waals surface area contributed by atoms with Gasteiger partial charge < -0.3 is 0 Å². The number of nitrogens with zero attached hydrogens (tertiary/aromatic N) is 1. The minimum atomic E-state index is -3.88. The van der Waals surface area contributed by atoms with E-state index >= 15 is 0 Å². The summed E-state index contributed by atoms with van der Waals surface area (Å²) < 4.78 is 49.1. The molecule has 6 nitrogen and oxygen atoms in total. The molecule has 0 aromatic heterocycles. The predicted molar refractivity (Wildman–Crippen MR) is 85.9 cm³/mol. The van der Waals surface area contributed by atoms with Crippen molar-refractivity contribution in [3.8, 4) is 0 Å². The van der Waals surface area contributed by atoms with Crippen LogP contribution in [0.2, 0.25) is 10.0 Å².